The van der Waals surface area contributed by atoms with E-state index in [9.17, 15) is 0 Å². The molecule has 3 aromatic rings. The predicted molar refractivity (Wildman–Crippen MR) is 92.4 cm³/mol. The van der Waals surface area contributed by atoms with Crippen LogP contribution in [0.1, 0.15) is 19.8 Å². The van der Waals surface area contributed by atoms with Crippen molar-refractivity contribution < 1.29 is 0 Å². The molecular formula is C18H19N3S. The first-order chi connectivity index (χ1) is 10.9. The van der Waals surface area contributed by atoms with Crippen molar-refractivity contribution in [3.05, 3.63) is 60.7 Å². The molecular weight excluding hydrogens is 290 g/mol. The lowest BCUT2D eigenvalue weighted by atomic mass is 10.2. The molecule has 0 N–H and O–H groups in total. The third-order valence-electron chi connectivity index (χ3n) is 3.35. The maximum atomic E-state index is 4.74. The molecule has 1 aromatic heterocycles. The van der Waals surface area contributed by atoms with E-state index in [4.69, 9.17) is 10.1 Å². The number of rotatable bonds is 6. The number of nitrogens with zero attached hydrogens (tertiary/aromatic N) is 3. The highest BCUT2D eigenvalue weighted by atomic mass is 32.2. The fourth-order valence-electron chi connectivity index (χ4n) is 2.19. The van der Waals surface area contributed by atoms with Crippen LogP contribution in [0.15, 0.2) is 65.8 Å². The zero-order valence-corrected chi connectivity index (χ0v) is 13.5. The normalized spacial score (nSPS) is 10.8. The van der Waals surface area contributed by atoms with E-state index in [-0.39, 0.29) is 0 Å². The van der Waals surface area contributed by atoms with Gasteiger partial charge in [0.2, 0.25) is 5.16 Å². The van der Waals surface area contributed by atoms with Crippen LogP contribution in [-0.4, -0.2) is 20.5 Å². The molecule has 22 heavy (non-hydrogen) atoms. The van der Waals surface area contributed by atoms with Crippen LogP contribution < -0.4 is 0 Å². The van der Waals surface area contributed by atoms with Crippen molar-refractivity contribution in [3.8, 4) is 17.1 Å². The van der Waals surface area contributed by atoms with Gasteiger partial charge in [0.1, 0.15) is 0 Å². The van der Waals surface area contributed by atoms with E-state index in [1.54, 1.807) is 11.8 Å². The lowest BCUT2D eigenvalue weighted by Gasteiger charge is -2.05. The van der Waals surface area contributed by atoms with Gasteiger partial charge in [0.05, 0.1) is 5.69 Å². The Morgan fingerprint density at radius 3 is 2.32 bits per heavy atom. The van der Waals surface area contributed by atoms with Crippen LogP contribution in [0.3, 0.4) is 0 Å². The Kier molecular flexibility index (Phi) is 4.91. The van der Waals surface area contributed by atoms with Gasteiger partial charge in [-0.3, -0.25) is 0 Å². The molecule has 0 amide bonds. The summed E-state index contributed by atoms with van der Waals surface area (Å²) in [7, 11) is 0. The molecule has 0 radical (unpaired) electrons. The van der Waals surface area contributed by atoms with Gasteiger partial charge in [0.25, 0.3) is 0 Å². The molecule has 0 saturated heterocycles. The lowest BCUT2D eigenvalue weighted by molar-refractivity contribution is 0.835. The Bertz CT molecular complexity index is 651. The summed E-state index contributed by atoms with van der Waals surface area (Å²) in [4.78, 5) is 4.74. The molecule has 3 nitrogen and oxygen atoms in total. The fraction of sp³-hybridized carbons (Fsp3) is 0.222. The minimum atomic E-state index is 0.844. The van der Waals surface area contributed by atoms with Gasteiger partial charge < -0.3 is 0 Å². The summed E-state index contributed by atoms with van der Waals surface area (Å²) in [5.41, 5.74) is 2.12. The SMILES string of the molecule is CCCCSc1nc(-c2ccccc2)n(-c2ccccc2)n1. The Balaban J connectivity index is 1.99. The molecule has 112 valence electrons. The fourth-order valence-corrected chi connectivity index (χ4v) is 3.09. The largest absolute Gasteiger partial charge is 0.212 e. The molecule has 0 bridgehead atoms. The van der Waals surface area contributed by atoms with Gasteiger partial charge >= 0.3 is 0 Å². The highest BCUT2D eigenvalue weighted by Gasteiger charge is 2.13. The first-order valence-corrected chi connectivity index (χ1v) is 8.57. The zero-order chi connectivity index (χ0) is 15.2. The number of thioether (sulfide) groups is 1. The average Bonchev–Trinajstić information content (AvgIpc) is 3.01. The van der Waals surface area contributed by atoms with Crippen molar-refractivity contribution in [2.24, 2.45) is 0 Å². The smallest absolute Gasteiger partial charge is 0.209 e. The summed E-state index contributed by atoms with van der Waals surface area (Å²) in [6.07, 6.45) is 2.38. The van der Waals surface area contributed by atoms with Crippen LogP contribution in [-0.2, 0) is 0 Å². The monoisotopic (exact) mass is 309 g/mol. The van der Waals surface area contributed by atoms with Crippen molar-refractivity contribution in [1.29, 1.82) is 0 Å². The highest BCUT2D eigenvalue weighted by molar-refractivity contribution is 7.99. The van der Waals surface area contributed by atoms with Crippen molar-refractivity contribution in [2.45, 2.75) is 24.9 Å². The number of para-hydroxylation sites is 1. The van der Waals surface area contributed by atoms with Gasteiger partial charge in [-0.1, -0.05) is 73.6 Å². The van der Waals surface area contributed by atoms with E-state index in [0.29, 0.717) is 0 Å². The molecule has 0 unspecified atom stereocenters. The topological polar surface area (TPSA) is 30.7 Å². The van der Waals surface area contributed by atoms with Crippen LogP contribution in [0.5, 0.6) is 0 Å². The van der Waals surface area contributed by atoms with Gasteiger partial charge in [-0.15, -0.1) is 5.10 Å². The third kappa shape index (κ3) is 3.39. The van der Waals surface area contributed by atoms with Crippen LogP contribution in [0.2, 0.25) is 0 Å². The second-order valence-corrected chi connectivity index (χ2v) is 6.10. The quantitative estimate of drug-likeness (QED) is 0.483. The number of hydrogen-bond acceptors (Lipinski definition) is 3. The summed E-state index contributed by atoms with van der Waals surface area (Å²) >= 11 is 1.73. The van der Waals surface area contributed by atoms with E-state index in [1.165, 1.54) is 12.8 Å². The molecule has 0 saturated carbocycles. The summed E-state index contributed by atoms with van der Waals surface area (Å²) in [6, 6.07) is 20.4. The van der Waals surface area contributed by atoms with Gasteiger partial charge in [0.15, 0.2) is 5.82 Å². The standard InChI is InChI=1S/C18H19N3S/c1-2-3-14-22-18-19-17(15-10-6-4-7-11-15)21(20-18)16-12-8-5-9-13-16/h4-13H,2-3,14H2,1H3. The Hall–Kier alpha value is -2.07. The number of hydrogen-bond donors (Lipinski definition) is 0. The summed E-state index contributed by atoms with van der Waals surface area (Å²) in [5, 5.41) is 5.54. The van der Waals surface area contributed by atoms with Gasteiger partial charge in [-0.2, -0.15) is 0 Å². The minimum absolute atomic E-state index is 0.844. The maximum absolute atomic E-state index is 4.74. The number of unbranched alkanes of at least 4 members (excludes halogenated alkanes) is 1. The van der Waals surface area contributed by atoms with E-state index < -0.39 is 0 Å². The lowest BCUT2D eigenvalue weighted by Crippen LogP contribution is -1.99. The molecule has 2 aromatic carbocycles. The maximum Gasteiger partial charge on any atom is 0.209 e. The van der Waals surface area contributed by atoms with Crippen molar-refractivity contribution >= 4 is 11.8 Å². The van der Waals surface area contributed by atoms with E-state index in [0.717, 1.165) is 28.0 Å². The molecule has 3 rings (SSSR count). The summed E-state index contributed by atoms with van der Waals surface area (Å²) < 4.78 is 1.93. The van der Waals surface area contributed by atoms with Crippen LogP contribution >= 0.6 is 11.8 Å². The Morgan fingerprint density at radius 2 is 1.64 bits per heavy atom. The van der Waals surface area contributed by atoms with E-state index in [2.05, 4.69) is 31.2 Å². The second-order valence-electron chi connectivity index (χ2n) is 5.03. The molecule has 0 spiro atoms. The summed E-state index contributed by atoms with van der Waals surface area (Å²) in [5.74, 6) is 1.95. The molecule has 0 aliphatic heterocycles. The van der Waals surface area contributed by atoms with E-state index in [1.807, 2.05) is 41.1 Å². The van der Waals surface area contributed by atoms with Crippen molar-refractivity contribution in [1.82, 2.24) is 14.8 Å². The first-order valence-electron chi connectivity index (χ1n) is 7.59. The Labute approximate surface area is 135 Å². The highest BCUT2D eigenvalue weighted by Crippen LogP contribution is 2.25. The average molecular weight is 309 g/mol. The second kappa shape index (κ2) is 7.27. The number of benzene rings is 2. The molecule has 4 heteroatoms. The summed E-state index contributed by atoms with van der Waals surface area (Å²) in [6.45, 7) is 2.20. The van der Waals surface area contributed by atoms with Crippen molar-refractivity contribution in [2.75, 3.05) is 5.75 Å². The Morgan fingerprint density at radius 1 is 0.955 bits per heavy atom. The van der Waals surface area contributed by atoms with Crippen LogP contribution in [0.4, 0.5) is 0 Å². The van der Waals surface area contributed by atoms with E-state index >= 15 is 0 Å². The van der Waals surface area contributed by atoms with Gasteiger partial charge in [-0.05, 0) is 18.6 Å². The molecule has 0 fully saturated rings. The molecule has 0 aliphatic rings. The zero-order valence-electron chi connectivity index (χ0n) is 12.6. The van der Waals surface area contributed by atoms with Gasteiger partial charge in [0, 0.05) is 11.3 Å². The molecule has 0 atom stereocenters. The number of aromatic nitrogens is 3. The third-order valence-corrected chi connectivity index (χ3v) is 4.27. The van der Waals surface area contributed by atoms with Gasteiger partial charge in [-0.25, -0.2) is 9.67 Å². The molecule has 0 aliphatic carbocycles. The molecule has 1 heterocycles. The van der Waals surface area contributed by atoms with Crippen molar-refractivity contribution in [3.63, 3.8) is 0 Å². The minimum Gasteiger partial charge on any atom is -0.212 e. The van der Waals surface area contributed by atoms with Crippen LogP contribution in [0, 0.1) is 0 Å². The predicted octanol–water partition coefficient (Wildman–Crippen LogP) is 4.83. The first kappa shape index (κ1) is 14.9. The van der Waals surface area contributed by atoms with Crippen LogP contribution in [0.25, 0.3) is 17.1 Å².